The predicted molar refractivity (Wildman–Crippen MR) is 65.0 cm³/mol. The van der Waals surface area contributed by atoms with Gasteiger partial charge >= 0.3 is 0 Å². The molecular weight excluding hydrogens is 184 g/mol. The number of hydrogen-bond acceptors (Lipinski definition) is 1. The van der Waals surface area contributed by atoms with Crippen LogP contribution in [-0.4, -0.2) is 11.1 Å². The molecule has 80 valence electrons. The molecule has 2 heteroatoms. The van der Waals surface area contributed by atoms with Gasteiger partial charge in [0.2, 0.25) is 0 Å². The molecule has 2 nitrogen and oxygen atoms in total. The van der Waals surface area contributed by atoms with E-state index in [1.54, 1.807) is 0 Å². The van der Waals surface area contributed by atoms with Gasteiger partial charge in [0.25, 0.3) is 0 Å². The molecule has 1 heterocycles. The van der Waals surface area contributed by atoms with Crippen molar-refractivity contribution in [2.24, 2.45) is 0 Å². The van der Waals surface area contributed by atoms with E-state index in [-0.39, 0.29) is 0 Å². The molecule has 2 rings (SSSR count). The number of para-hydroxylation sites is 1. The molecule has 0 amide bonds. The number of aryl methyl sites for hydroxylation is 1. The van der Waals surface area contributed by atoms with E-state index in [0.29, 0.717) is 0 Å². The van der Waals surface area contributed by atoms with Gasteiger partial charge in [-0.05, 0) is 30.5 Å². The van der Waals surface area contributed by atoms with Gasteiger partial charge in [-0.15, -0.1) is 0 Å². The molecule has 0 fully saturated rings. The Kier molecular flexibility index (Phi) is 3.07. The van der Waals surface area contributed by atoms with Gasteiger partial charge in [-0.3, -0.25) is 0 Å². The zero-order chi connectivity index (χ0) is 10.7. The van der Waals surface area contributed by atoms with E-state index in [2.05, 4.69) is 54.2 Å². The van der Waals surface area contributed by atoms with Crippen LogP contribution in [0.5, 0.6) is 0 Å². The first-order valence-corrected chi connectivity index (χ1v) is 5.64. The Labute approximate surface area is 90.9 Å². The molecule has 15 heavy (non-hydrogen) atoms. The third kappa shape index (κ3) is 1.90. The molecule has 0 spiro atoms. The predicted octanol–water partition coefficient (Wildman–Crippen LogP) is 2.77. The Morgan fingerprint density at radius 1 is 1.20 bits per heavy atom. The zero-order valence-corrected chi connectivity index (χ0v) is 9.46. The number of benzene rings is 1. The maximum atomic E-state index is 3.38. The second kappa shape index (κ2) is 4.49. The van der Waals surface area contributed by atoms with Crippen LogP contribution in [0.25, 0.3) is 10.9 Å². The standard InChI is InChI=1S/C13H18N2/c1-3-14-10-12-7-5-6-11-8-9-15(4-2)13(11)12/h5-9,14H,3-4,10H2,1-2H3. The van der Waals surface area contributed by atoms with Gasteiger partial charge in [-0.1, -0.05) is 25.1 Å². The summed E-state index contributed by atoms with van der Waals surface area (Å²) in [6.07, 6.45) is 2.17. The second-order valence-electron chi connectivity index (χ2n) is 3.74. The third-order valence-corrected chi connectivity index (χ3v) is 2.78. The summed E-state index contributed by atoms with van der Waals surface area (Å²) in [7, 11) is 0. The van der Waals surface area contributed by atoms with Crippen LogP contribution in [-0.2, 0) is 13.1 Å². The SMILES string of the molecule is CCNCc1cccc2ccn(CC)c12. The van der Waals surface area contributed by atoms with Gasteiger partial charge in [0.05, 0.1) is 5.52 Å². The summed E-state index contributed by atoms with van der Waals surface area (Å²) in [5.74, 6) is 0. The number of hydrogen-bond donors (Lipinski definition) is 1. The maximum Gasteiger partial charge on any atom is 0.0525 e. The van der Waals surface area contributed by atoms with Crippen molar-refractivity contribution in [1.82, 2.24) is 9.88 Å². The van der Waals surface area contributed by atoms with Crippen LogP contribution in [0, 0.1) is 0 Å². The van der Waals surface area contributed by atoms with Gasteiger partial charge in [-0.2, -0.15) is 0 Å². The van der Waals surface area contributed by atoms with Crippen molar-refractivity contribution >= 4 is 10.9 Å². The molecule has 0 saturated carbocycles. The largest absolute Gasteiger partial charge is 0.347 e. The van der Waals surface area contributed by atoms with Crippen molar-refractivity contribution in [3.05, 3.63) is 36.0 Å². The van der Waals surface area contributed by atoms with Crippen LogP contribution in [0.1, 0.15) is 19.4 Å². The number of rotatable bonds is 4. The average Bonchev–Trinajstić information content (AvgIpc) is 2.69. The third-order valence-electron chi connectivity index (χ3n) is 2.78. The highest BCUT2D eigenvalue weighted by atomic mass is 15.0. The van der Waals surface area contributed by atoms with Gasteiger partial charge in [0.15, 0.2) is 0 Å². The van der Waals surface area contributed by atoms with E-state index in [0.717, 1.165) is 19.6 Å². The molecule has 0 radical (unpaired) electrons. The molecule has 0 bridgehead atoms. The van der Waals surface area contributed by atoms with E-state index in [9.17, 15) is 0 Å². The van der Waals surface area contributed by atoms with E-state index >= 15 is 0 Å². The van der Waals surface area contributed by atoms with Crippen molar-refractivity contribution in [2.75, 3.05) is 6.54 Å². The Balaban J connectivity index is 2.47. The Morgan fingerprint density at radius 2 is 2.07 bits per heavy atom. The number of nitrogens with zero attached hydrogens (tertiary/aromatic N) is 1. The highest BCUT2D eigenvalue weighted by Crippen LogP contribution is 2.20. The normalized spacial score (nSPS) is 11.1. The van der Waals surface area contributed by atoms with Crippen LogP contribution in [0.15, 0.2) is 30.5 Å². The topological polar surface area (TPSA) is 17.0 Å². The van der Waals surface area contributed by atoms with Crippen molar-refractivity contribution in [2.45, 2.75) is 26.9 Å². The smallest absolute Gasteiger partial charge is 0.0525 e. The van der Waals surface area contributed by atoms with Crippen molar-refractivity contribution < 1.29 is 0 Å². The van der Waals surface area contributed by atoms with Crippen LogP contribution >= 0.6 is 0 Å². The molecule has 0 aliphatic carbocycles. The molecular formula is C13H18N2. The minimum Gasteiger partial charge on any atom is -0.347 e. The molecule has 0 saturated heterocycles. The maximum absolute atomic E-state index is 3.38. The molecule has 1 N–H and O–H groups in total. The van der Waals surface area contributed by atoms with Crippen LogP contribution < -0.4 is 5.32 Å². The van der Waals surface area contributed by atoms with E-state index in [1.165, 1.54) is 16.5 Å². The highest BCUT2D eigenvalue weighted by molar-refractivity contribution is 5.83. The lowest BCUT2D eigenvalue weighted by atomic mass is 10.1. The first kappa shape index (κ1) is 10.2. The minimum atomic E-state index is 0.956. The lowest BCUT2D eigenvalue weighted by Gasteiger charge is -2.08. The lowest BCUT2D eigenvalue weighted by Crippen LogP contribution is -2.12. The molecule has 1 aromatic heterocycles. The van der Waals surface area contributed by atoms with Crippen molar-refractivity contribution in [3.63, 3.8) is 0 Å². The Morgan fingerprint density at radius 3 is 2.80 bits per heavy atom. The van der Waals surface area contributed by atoms with Crippen LogP contribution in [0.3, 0.4) is 0 Å². The Bertz CT molecular complexity index is 443. The highest BCUT2D eigenvalue weighted by Gasteiger charge is 2.04. The van der Waals surface area contributed by atoms with Gasteiger partial charge in [0, 0.05) is 19.3 Å². The molecule has 0 aliphatic heterocycles. The van der Waals surface area contributed by atoms with Gasteiger partial charge < -0.3 is 9.88 Å². The fourth-order valence-electron chi connectivity index (χ4n) is 2.01. The summed E-state index contributed by atoms with van der Waals surface area (Å²) in [6.45, 7) is 7.33. The molecule has 0 aliphatic rings. The summed E-state index contributed by atoms with van der Waals surface area (Å²) in [5, 5.41) is 4.72. The average molecular weight is 202 g/mol. The van der Waals surface area contributed by atoms with E-state index in [1.807, 2.05) is 0 Å². The zero-order valence-electron chi connectivity index (χ0n) is 9.46. The van der Waals surface area contributed by atoms with Crippen molar-refractivity contribution in [1.29, 1.82) is 0 Å². The summed E-state index contributed by atoms with van der Waals surface area (Å²) >= 11 is 0. The second-order valence-corrected chi connectivity index (χ2v) is 3.74. The lowest BCUT2D eigenvalue weighted by molar-refractivity contribution is 0.721. The monoisotopic (exact) mass is 202 g/mol. The quantitative estimate of drug-likeness (QED) is 0.806. The summed E-state index contributed by atoms with van der Waals surface area (Å²) in [4.78, 5) is 0. The molecule has 0 unspecified atom stereocenters. The first-order valence-electron chi connectivity index (χ1n) is 5.64. The molecule has 1 aromatic carbocycles. The number of nitrogens with one attached hydrogen (secondary N) is 1. The first-order chi connectivity index (χ1) is 7.36. The van der Waals surface area contributed by atoms with Gasteiger partial charge in [0.1, 0.15) is 0 Å². The number of aromatic nitrogens is 1. The van der Waals surface area contributed by atoms with Crippen LogP contribution in [0.4, 0.5) is 0 Å². The molecule has 2 aromatic rings. The summed E-state index contributed by atoms with van der Waals surface area (Å²) in [6, 6.07) is 8.71. The fourth-order valence-corrected chi connectivity index (χ4v) is 2.01. The van der Waals surface area contributed by atoms with Gasteiger partial charge in [-0.25, -0.2) is 0 Å². The minimum absolute atomic E-state index is 0.956. The van der Waals surface area contributed by atoms with Crippen LogP contribution in [0.2, 0.25) is 0 Å². The van der Waals surface area contributed by atoms with E-state index < -0.39 is 0 Å². The summed E-state index contributed by atoms with van der Waals surface area (Å²) < 4.78 is 2.31. The van der Waals surface area contributed by atoms with Crippen molar-refractivity contribution in [3.8, 4) is 0 Å². The number of fused-ring (bicyclic) bond motifs is 1. The van der Waals surface area contributed by atoms with E-state index in [4.69, 9.17) is 0 Å². The summed E-state index contributed by atoms with van der Waals surface area (Å²) in [5.41, 5.74) is 2.77. The molecule has 0 atom stereocenters. The fraction of sp³-hybridized carbons (Fsp3) is 0.385. The Hall–Kier alpha value is -1.28.